The van der Waals surface area contributed by atoms with Crippen LogP contribution < -0.4 is 0 Å². The number of carbonyl (C=O) groups is 1. The van der Waals surface area contributed by atoms with Crippen molar-refractivity contribution >= 4 is 16.8 Å². The molecule has 2 aromatic rings. The van der Waals surface area contributed by atoms with Gasteiger partial charge in [-0.1, -0.05) is 44.2 Å². The van der Waals surface area contributed by atoms with E-state index >= 15 is 0 Å². The Hall–Kier alpha value is -2.23. The summed E-state index contributed by atoms with van der Waals surface area (Å²) in [5, 5.41) is 22.4. The smallest absolute Gasteiger partial charge is 0.219 e. The molecule has 1 aromatic carbocycles. The number of benzene rings is 1. The van der Waals surface area contributed by atoms with Crippen molar-refractivity contribution in [2.45, 2.75) is 52.0 Å². The second kappa shape index (κ2) is 13.8. The first-order chi connectivity index (χ1) is 16.8. The van der Waals surface area contributed by atoms with Crippen molar-refractivity contribution in [3.63, 3.8) is 0 Å². The van der Waals surface area contributed by atoms with Gasteiger partial charge in [-0.25, -0.2) is 0 Å². The molecule has 194 valence electrons. The number of hydrogen-bond acceptors (Lipinski definition) is 6. The van der Waals surface area contributed by atoms with Crippen LogP contribution in [0.25, 0.3) is 10.9 Å². The van der Waals surface area contributed by atoms with Gasteiger partial charge in [-0.05, 0) is 29.9 Å². The van der Waals surface area contributed by atoms with Crippen LogP contribution in [-0.4, -0.2) is 95.2 Å². The van der Waals surface area contributed by atoms with E-state index in [1.54, 1.807) is 4.90 Å². The lowest BCUT2D eigenvalue weighted by Gasteiger charge is -2.33. The maximum atomic E-state index is 12.5. The quantitative estimate of drug-likeness (QED) is 0.542. The molecule has 0 spiro atoms. The topological polar surface area (TPSA) is 98.3 Å². The van der Waals surface area contributed by atoms with Crippen LogP contribution in [0.3, 0.4) is 0 Å². The maximum Gasteiger partial charge on any atom is 0.219 e. The van der Waals surface area contributed by atoms with Gasteiger partial charge in [0.05, 0.1) is 13.2 Å². The molecule has 2 heterocycles. The summed E-state index contributed by atoms with van der Waals surface area (Å²) in [6, 6.07) is 10.4. The maximum absolute atomic E-state index is 12.5. The van der Waals surface area contributed by atoms with E-state index in [1.807, 2.05) is 24.3 Å². The summed E-state index contributed by atoms with van der Waals surface area (Å²) in [6.45, 7) is 9.30. The Kier molecular flexibility index (Phi) is 10.7. The first-order valence-corrected chi connectivity index (χ1v) is 12.6. The van der Waals surface area contributed by atoms with Crippen LogP contribution in [0.5, 0.6) is 0 Å². The summed E-state index contributed by atoms with van der Waals surface area (Å²) in [6.07, 6.45) is 1.84. The third-order valence-corrected chi connectivity index (χ3v) is 6.35. The molecule has 3 N–H and O–H groups in total. The lowest BCUT2D eigenvalue weighted by molar-refractivity contribution is -0.139. The average Bonchev–Trinajstić information content (AvgIpc) is 3.23. The first-order valence-electron chi connectivity index (χ1n) is 12.6. The summed E-state index contributed by atoms with van der Waals surface area (Å²) < 4.78 is 11.5. The minimum Gasteiger partial charge on any atom is -0.388 e. The van der Waals surface area contributed by atoms with Gasteiger partial charge >= 0.3 is 0 Å². The number of rotatable bonds is 6. The molecule has 0 bridgehead atoms. The van der Waals surface area contributed by atoms with Crippen molar-refractivity contribution in [3.8, 4) is 0 Å². The number of carbonyl (C=O) groups excluding carboxylic acids is 1. The number of fused-ring (bicyclic) bond motifs is 1. The molecule has 0 aliphatic carbocycles. The zero-order chi connectivity index (χ0) is 25.2. The van der Waals surface area contributed by atoms with Crippen molar-refractivity contribution in [1.82, 2.24) is 14.8 Å². The van der Waals surface area contributed by atoms with E-state index in [0.717, 1.165) is 17.6 Å². The fourth-order valence-electron chi connectivity index (χ4n) is 4.16. The molecule has 0 fully saturated rings. The molecule has 1 aliphatic heterocycles. The van der Waals surface area contributed by atoms with E-state index in [4.69, 9.17) is 9.47 Å². The summed E-state index contributed by atoms with van der Waals surface area (Å²) in [4.78, 5) is 19.9. The minimum atomic E-state index is -1.15. The molecule has 1 aliphatic rings. The van der Waals surface area contributed by atoms with Gasteiger partial charge in [0.25, 0.3) is 0 Å². The Morgan fingerprint density at radius 1 is 1.23 bits per heavy atom. The Morgan fingerprint density at radius 3 is 2.77 bits per heavy atom. The summed E-state index contributed by atoms with van der Waals surface area (Å²) in [5.74, 6) is 0.362. The van der Waals surface area contributed by atoms with Crippen LogP contribution in [0, 0.1) is 5.92 Å². The van der Waals surface area contributed by atoms with Crippen molar-refractivity contribution in [2.24, 2.45) is 5.92 Å². The fraction of sp³-hybridized carbons (Fsp3) is 0.593. The van der Waals surface area contributed by atoms with Crippen molar-refractivity contribution in [3.05, 3.63) is 48.2 Å². The largest absolute Gasteiger partial charge is 0.388 e. The van der Waals surface area contributed by atoms with Crippen molar-refractivity contribution < 1.29 is 24.5 Å². The number of aromatic nitrogens is 1. The van der Waals surface area contributed by atoms with E-state index in [1.165, 1.54) is 12.3 Å². The lowest BCUT2D eigenvalue weighted by Crippen LogP contribution is -2.50. The number of H-pyrrole nitrogens is 1. The van der Waals surface area contributed by atoms with E-state index in [0.29, 0.717) is 45.3 Å². The predicted octanol–water partition coefficient (Wildman–Crippen LogP) is 2.56. The third-order valence-electron chi connectivity index (χ3n) is 6.35. The van der Waals surface area contributed by atoms with Gasteiger partial charge in [0, 0.05) is 57.5 Å². The number of nitrogens with zero attached hydrogens (tertiary/aromatic N) is 2. The molecule has 0 saturated heterocycles. The van der Waals surface area contributed by atoms with Gasteiger partial charge in [-0.15, -0.1) is 0 Å². The molecule has 0 saturated carbocycles. The summed E-state index contributed by atoms with van der Waals surface area (Å²) in [7, 11) is 0. The number of hydrogen-bond donors (Lipinski definition) is 3. The molecule has 35 heavy (non-hydrogen) atoms. The molecule has 1 aromatic heterocycles. The molecule has 0 radical (unpaired) electrons. The zero-order valence-corrected chi connectivity index (χ0v) is 21.2. The van der Waals surface area contributed by atoms with Crippen LogP contribution in [0.4, 0.5) is 0 Å². The molecule has 8 heteroatoms. The molecular weight excluding hydrogens is 446 g/mol. The highest BCUT2D eigenvalue weighted by Crippen LogP contribution is 2.17. The molecular formula is C27H41N3O5. The highest BCUT2D eigenvalue weighted by Gasteiger charge is 2.30. The van der Waals surface area contributed by atoms with Crippen LogP contribution >= 0.6 is 0 Å². The molecule has 0 unspecified atom stereocenters. The van der Waals surface area contributed by atoms with Gasteiger partial charge in [-0.3, -0.25) is 9.69 Å². The van der Waals surface area contributed by atoms with Gasteiger partial charge in [0.2, 0.25) is 5.91 Å². The van der Waals surface area contributed by atoms with Gasteiger partial charge in [0.1, 0.15) is 18.3 Å². The number of nitrogens with one attached hydrogen (secondary N) is 1. The summed E-state index contributed by atoms with van der Waals surface area (Å²) >= 11 is 0. The summed E-state index contributed by atoms with van der Waals surface area (Å²) in [5.41, 5.74) is 2.22. The number of aliphatic hydroxyl groups is 2. The van der Waals surface area contributed by atoms with E-state index < -0.39 is 18.3 Å². The van der Waals surface area contributed by atoms with E-state index in [9.17, 15) is 15.0 Å². The molecule has 1 amide bonds. The zero-order valence-electron chi connectivity index (χ0n) is 21.2. The molecule has 8 nitrogen and oxygen atoms in total. The first kappa shape index (κ1) is 27.4. The number of aliphatic hydroxyl groups excluding tert-OH is 2. The second-order valence-corrected chi connectivity index (χ2v) is 9.74. The second-order valence-electron chi connectivity index (χ2n) is 9.74. The van der Waals surface area contributed by atoms with Crippen LogP contribution in [0.2, 0.25) is 0 Å². The van der Waals surface area contributed by atoms with Gasteiger partial charge in [-0.2, -0.15) is 0 Å². The van der Waals surface area contributed by atoms with Crippen LogP contribution in [0.15, 0.2) is 42.5 Å². The Bertz CT molecular complexity index is 911. The van der Waals surface area contributed by atoms with Crippen molar-refractivity contribution in [2.75, 3.05) is 46.0 Å². The standard InChI is InChI=1S/C27H41N3O5/c1-20(2)10-15-35-26-18-30(21(3)31)13-12-29(11-6-7-14-34-19-25(32)27(26)33)17-23-16-22-8-4-5-9-24(22)28-23/h4-9,16,20,25-28,32-33H,10-15,17-19H2,1-3H3/t25-,26-,27-/m0/s1. The van der Waals surface area contributed by atoms with Gasteiger partial charge in [0.15, 0.2) is 0 Å². The van der Waals surface area contributed by atoms with Crippen LogP contribution in [0.1, 0.15) is 32.9 Å². The normalized spacial score (nSPS) is 23.6. The van der Waals surface area contributed by atoms with Crippen molar-refractivity contribution in [1.29, 1.82) is 0 Å². The average molecular weight is 488 g/mol. The number of aromatic amines is 1. The monoisotopic (exact) mass is 487 g/mol. The number of para-hydroxylation sites is 1. The molecule has 3 rings (SSSR count). The van der Waals surface area contributed by atoms with E-state index in [-0.39, 0.29) is 19.1 Å². The number of ether oxygens (including phenoxy) is 2. The Morgan fingerprint density at radius 2 is 2.03 bits per heavy atom. The van der Waals surface area contributed by atoms with Gasteiger partial charge < -0.3 is 29.6 Å². The number of amides is 1. The predicted molar refractivity (Wildman–Crippen MR) is 137 cm³/mol. The highest BCUT2D eigenvalue weighted by molar-refractivity contribution is 5.80. The minimum absolute atomic E-state index is 0.00556. The Labute approximate surface area is 208 Å². The third kappa shape index (κ3) is 8.74. The SMILES string of the molecule is CC(=O)N1CCN(Cc2cc3ccccc3[nH]2)CC=CCOC[C@H](O)[C@H](O)[C@@H](OCCC(C)C)C1. The van der Waals surface area contributed by atoms with Crippen LogP contribution in [-0.2, 0) is 20.8 Å². The Balaban J connectivity index is 1.74. The highest BCUT2D eigenvalue weighted by atomic mass is 16.5. The van der Waals surface area contributed by atoms with E-state index in [2.05, 4.69) is 41.9 Å². The lowest BCUT2D eigenvalue weighted by atomic mass is 10.1. The fourth-order valence-corrected chi connectivity index (χ4v) is 4.16. The molecule has 3 atom stereocenters.